The van der Waals surface area contributed by atoms with Gasteiger partial charge in [-0.1, -0.05) is 47.5 Å². The lowest BCUT2D eigenvalue weighted by Gasteiger charge is -2.16. The summed E-state index contributed by atoms with van der Waals surface area (Å²) in [6.07, 6.45) is 0. The van der Waals surface area contributed by atoms with Crippen molar-refractivity contribution in [2.24, 2.45) is 0 Å². The highest BCUT2D eigenvalue weighted by Gasteiger charge is 2.20. The van der Waals surface area contributed by atoms with E-state index in [1.807, 2.05) is 31.2 Å². The minimum absolute atomic E-state index is 0.354. The van der Waals surface area contributed by atoms with Crippen LogP contribution >= 0.6 is 23.2 Å². The minimum Gasteiger partial charge on any atom is -0.493 e. The van der Waals surface area contributed by atoms with Gasteiger partial charge in [0.25, 0.3) is 5.91 Å². The van der Waals surface area contributed by atoms with E-state index in [-0.39, 0.29) is 5.91 Å². The van der Waals surface area contributed by atoms with Crippen LogP contribution in [0.1, 0.15) is 15.9 Å². The van der Waals surface area contributed by atoms with Gasteiger partial charge in [-0.05, 0) is 42.8 Å². The molecule has 3 aromatic carbocycles. The standard InChI is InChI=1S/C26H22Cl2N2O4/c1-14-9-10-18(27)24(23(14)28)30-26(31)17-13-20(29-19-8-6-5-7-16(17)19)15-11-21(32-2)25(34-4)22(12-15)33-3/h5-13H,1-4H3,(H,30,31). The summed E-state index contributed by atoms with van der Waals surface area (Å²) in [5.41, 5.74) is 3.50. The first-order chi connectivity index (χ1) is 16.4. The summed E-state index contributed by atoms with van der Waals surface area (Å²) in [6.45, 7) is 1.85. The second-order valence-corrected chi connectivity index (χ2v) is 8.28. The van der Waals surface area contributed by atoms with Gasteiger partial charge >= 0.3 is 0 Å². The number of methoxy groups -OCH3 is 3. The molecule has 1 heterocycles. The Morgan fingerprint density at radius 3 is 2.24 bits per heavy atom. The Hall–Kier alpha value is -3.48. The molecule has 4 rings (SSSR count). The highest BCUT2D eigenvalue weighted by atomic mass is 35.5. The summed E-state index contributed by atoms with van der Waals surface area (Å²) in [7, 11) is 4.63. The van der Waals surface area contributed by atoms with Crippen molar-refractivity contribution in [1.82, 2.24) is 4.98 Å². The topological polar surface area (TPSA) is 69.7 Å². The first-order valence-electron chi connectivity index (χ1n) is 10.3. The largest absolute Gasteiger partial charge is 0.493 e. The van der Waals surface area contributed by atoms with Crippen molar-refractivity contribution in [2.75, 3.05) is 26.6 Å². The molecule has 174 valence electrons. The molecule has 6 nitrogen and oxygen atoms in total. The van der Waals surface area contributed by atoms with E-state index < -0.39 is 0 Å². The molecule has 0 spiro atoms. The Bertz CT molecular complexity index is 1380. The number of hydrogen-bond acceptors (Lipinski definition) is 5. The smallest absolute Gasteiger partial charge is 0.256 e. The normalized spacial score (nSPS) is 10.8. The molecule has 4 aromatic rings. The lowest BCUT2D eigenvalue weighted by atomic mass is 10.0. The molecule has 0 aliphatic rings. The fraction of sp³-hybridized carbons (Fsp3) is 0.154. The van der Waals surface area contributed by atoms with Crippen LogP contribution in [0.25, 0.3) is 22.2 Å². The molecule has 0 saturated carbocycles. The lowest BCUT2D eigenvalue weighted by molar-refractivity contribution is 0.102. The van der Waals surface area contributed by atoms with E-state index >= 15 is 0 Å². The zero-order chi connectivity index (χ0) is 24.4. The Morgan fingerprint density at radius 2 is 1.59 bits per heavy atom. The zero-order valence-electron chi connectivity index (χ0n) is 19.0. The average Bonchev–Trinajstić information content (AvgIpc) is 2.87. The van der Waals surface area contributed by atoms with Gasteiger partial charge in [0.2, 0.25) is 5.75 Å². The van der Waals surface area contributed by atoms with Gasteiger partial charge < -0.3 is 19.5 Å². The molecule has 0 radical (unpaired) electrons. The Balaban J connectivity index is 1.87. The Labute approximate surface area is 207 Å². The molecule has 1 N–H and O–H groups in total. The van der Waals surface area contributed by atoms with E-state index in [0.29, 0.717) is 60.7 Å². The van der Waals surface area contributed by atoms with Crippen molar-refractivity contribution in [3.05, 3.63) is 75.8 Å². The summed E-state index contributed by atoms with van der Waals surface area (Å²) >= 11 is 12.7. The van der Waals surface area contributed by atoms with Crippen LogP contribution in [0.3, 0.4) is 0 Å². The number of fused-ring (bicyclic) bond motifs is 1. The summed E-state index contributed by atoms with van der Waals surface area (Å²) < 4.78 is 16.4. The molecule has 0 fully saturated rings. The zero-order valence-corrected chi connectivity index (χ0v) is 20.5. The van der Waals surface area contributed by atoms with Gasteiger partial charge in [-0.25, -0.2) is 4.98 Å². The van der Waals surface area contributed by atoms with Gasteiger partial charge in [-0.15, -0.1) is 0 Å². The van der Waals surface area contributed by atoms with Gasteiger partial charge in [-0.2, -0.15) is 0 Å². The van der Waals surface area contributed by atoms with E-state index in [1.165, 1.54) is 0 Å². The number of anilines is 1. The number of carbonyl (C=O) groups is 1. The van der Waals surface area contributed by atoms with Crippen LogP contribution in [0, 0.1) is 6.92 Å². The number of rotatable bonds is 6. The van der Waals surface area contributed by atoms with Crippen LogP contribution in [-0.2, 0) is 0 Å². The number of pyridine rings is 1. The predicted molar refractivity (Wildman–Crippen MR) is 136 cm³/mol. The molecule has 1 amide bonds. The molecular weight excluding hydrogens is 475 g/mol. The van der Waals surface area contributed by atoms with Crippen LogP contribution < -0.4 is 19.5 Å². The Morgan fingerprint density at radius 1 is 0.912 bits per heavy atom. The number of halogens is 2. The quantitative estimate of drug-likeness (QED) is 0.318. The summed E-state index contributed by atoms with van der Waals surface area (Å²) in [5.74, 6) is 1.07. The Kier molecular flexibility index (Phi) is 6.82. The number of aryl methyl sites for hydroxylation is 1. The monoisotopic (exact) mass is 496 g/mol. The van der Waals surface area contributed by atoms with Gasteiger partial charge in [0, 0.05) is 10.9 Å². The predicted octanol–water partition coefficient (Wildman–Crippen LogP) is 6.80. The molecule has 0 aliphatic heterocycles. The maximum absolute atomic E-state index is 13.4. The number of carbonyl (C=O) groups excluding carboxylic acids is 1. The highest BCUT2D eigenvalue weighted by Crippen LogP contribution is 2.41. The third-order valence-corrected chi connectivity index (χ3v) is 6.25. The van der Waals surface area contributed by atoms with Crippen LogP contribution in [0.5, 0.6) is 17.2 Å². The van der Waals surface area contributed by atoms with Gasteiger partial charge in [-0.3, -0.25) is 4.79 Å². The lowest BCUT2D eigenvalue weighted by Crippen LogP contribution is -2.14. The number of ether oxygens (including phenoxy) is 3. The van der Waals surface area contributed by atoms with E-state index in [9.17, 15) is 4.79 Å². The second kappa shape index (κ2) is 9.79. The van der Waals surface area contributed by atoms with Gasteiger partial charge in [0.05, 0.1) is 53.8 Å². The molecule has 1 aromatic heterocycles. The average molecular weight is 497 g/mol. The second-order valence-electron chi connectivity index (χ2n) is 7.49. The van der Waals surface area contributed by atoms with Gasteiger partial charge in [0.15, 0.2) is 11.5 Å². The number of hydrogen-bond donors (Lipinski definition) is 1. The van der Waals surface area contributed by atoms with Crippen molar-refractivity contribution >= 4 is 45.7 Å². The van der Waals surface area contributed by atoms with Crippen LogP contribution in [0.4, 0.5) is 5.69 Å². The number of aromatic nitrogens is 1. The first kappa shape index (κ1) is 23.7. The minimum atomic E-state index is -0.360. The number of para-hydroxylation sites is 1. The van der Waals surface area contributed by atoms with Crippen molar-refractivity contribution in [1.29, 1.82) is 0 Å². The number of amides is 1. The molecule has 0 aliphatic carbocycles. The number of benzene rings is 3. The molecule has 8 heteroatoms. The molecule has 0 unspecified atom stereocenters. The fourth-order valence-electron chi connectivity index (χ4n) is 3.69. The first-order valence-corrected chi connectivity index (χ1v) is 11.1. The molecular formula is C26H22Cl2N2O4. The molecule has 0 bridgehead atoms. The number of nitrogens with one attached hydrogen (secondary N) is 1. The third-order valence-electron chi connectivity index (χ3n) is 5.44. The van der Waals surface area contributed by atoms with Crippen molar-refractivity contribution in [2.45, 2.75) is 6.92 Å². The maximum atomic E-state index is 13.4. The van der Waals surface area contributed by atoms with E-state index in [1.54, 1.807) is 51.7 Å². The SMILES string of the molecule is COc1cc(-c2cc(C(=O)Nc3c(Cl)ccc(C)c3Cl)c3ccccc3n2)cc(OC)c1OC. The van der Waals surface area contributed by atoms with E-state index in [4.69, 9.17) is 42.4 Å². The number of nitrogens with zero attached hydrogens (tertiary/aromatic N) is 1. The summed E-state index contributed by atoms with van der Waals surface area (Å²) in [4.78, 5) is 18.2. The van der Waals surface area contributed by atoms with Gasteiger partial charge in [0.1, 0.15) is 0 Å². The van der Waals surface area contributed by atoms with E-state index in [2.05, 4.69) is 5.32 Å². The molecule has 34 heavy (non-hydrogen) atoms. The maximum Gasteiger partial charge on any atom is 0.256 e. The summed E-state index contributed by atoms with van der Waals surface area (Å²) in [6, 6.07) is 16.2. The van der Waals surface area contributed by atoms with Crippen LogP contribution in [0.2, 0.25) is 10.0 Å². The van der Waals surface area contributed by atoms with Crippen LogP contribution in [-0.4, -0.2) is 32.2 Å². The van der Waals surface area contributed by atoms with Crippen molar-refractivity contribution < 1.29 is 19.0 Å². The molecule has 0 saturated heterocycles. The third kappa shape index (κ3) is 4.34. The fourth-order valence-corrected chi connectivity index (χ4v) is 4.16. The van der Waals surface area contributed by atoms with Crippen molar-refractivity contribution in [3.8, 4) is 28.5 Å². The van der Waals surface area contributed by atoms with Crippen molar-refractivity contribution in [3.63, 3.8) is 0 Å². The molecule has 0 atom stereocenters. The highest BCUT2D eigenvalue weighted by molar-refractivity contribution is 6.40. The van der Waals surface area contributed by atoms with Crippen LogP contribution in [0.15, 0.2) is 54.6 Å². The summed E-state index contributed by atoms with van der Waals surface area (Å²) in [5, 5.41) is 4.31. The van der Waals surface area contributed by atoms with E-state index in [0.717, 1.165) is 5.56 Å².